The van der Waals surface area contributed by atoms with Crippen LogP contribution in [0.1, 0.15) is 24.1 Å². The van der Waals surface area contributed by atoms with Gasteiger partial charge in [-0.15, -0.1) is 0 Å². The summed E-state index contributed by atoms with van der Waals surface area (Å²) in [5.41, 5.74) is 1.43. The fourth-order valence-corrected chi connectivity index (χ4v) is 3.24. The van der Waals surface area contributed by atoms with Crippen LogP contribution >= 0.6 is 0 Å². The predicted octanol–water partition coefficient (Wildman–Crippen LogP) is 3.25. The third-order valence-corrected chi connectivity index (χ3v) is 4.29. The fourth-order valence-electron chi connectivity index (χ4n) is 3.24. The summed E-state index contributed by atoms with van der Waals surface area (Å²) in [6.45, 7) is 2.30. The number of amidine groups is 1. The monoisotopic (exact) mass is 355 g/mol. The van der Waals surface area contributed by atoms with Gasteiger partial charge < -0.3 is 9.64 Å². The second kappa shape index (κ2) is 6.33. The van der Waals surface area contributed by atoms with Crippen LogP contribution in [0.5, 0.6) is 0 Å². The van der Waals surface area contributed by atoms with Crippen LogP contribution in [0.15, 0.2) is 52.4 Å². The molecule has 2 aliphatic rings. The molecule has 0 aliphatic carbocycles. The molecule has 132 valence electrons. The van der Waals surface area contributed by atoms with Crippen molar-refractivity contribution in [3.8, 4) is 0 Å². The number of carbonyl (C=O) groups is 1. The van der Waals surface area contributed by atoms with Gasteiger partial charge in [-0.25, -0.2) is 13.8 Å². The molecule has 1 unspecified atom stereocenters. The van der Waals surface area contributed by atoms with Gasteiger partial charge >= 0.3 is 5.97 Å². The number of fused-ring (bicyclic) bond motifs is 3. The van der Waals surface area contributed by atoms with Gasteiger partial charge in [0.05, 0.1) is 6.54 Å². The van der Waals surface area contributed by atoms with E-state index in [1.807, 2.05) is 4.90 Å². The van der Waals surface area contributed by atoms with Crippen LogP contribution in [-0.2, 0) is 9.53 Å². The lowest BCUT2D eigenvalue weighted by molar-refractivity contribution is -0.132. The van der Waals surface area contributed by atoms with E-state index in [0.717, 1.165) is 0 Å². The topological polar surface area (TPSA) is 54.3 Å². The van der Waals surface area contributed by atoms with Crippen molar-refractivity contribution < 1.29 is 18.3 Å². The Bertz CT molecular complexity index is 956. The van der Waals surface area contributed by atoms with Crippen molar-refractivity contribution in [1.29, 1.82) is 0 Å². The smallest absolute Gasteiger partial charge is 0.309 e. The molecule has 0 amide bonds. The summed E-state index contributed by atoms with van der Waals surface area (Å²) in [7, 11) is 0. The molecule has 4 rings (SSSR count). The second-order valence-corrected chi connectivity index (χ2v) is 6.01. The first-order chi connectivity index (χ1) is 12.5. The quantitative estimate of drug-likeness (QED) is 0.738. The van der Waals surface area contributed by atoms with Crippen molar-refractivity contribution in [3.05, 3.63) is 65.2 Å². The lowest BCUT2D eigenvalue weighted by atomic mass is 9.97. The summed E-state index contributed by atoms with van der Waals surface area (Å²) in [4.78, 5) is 22.2. The average molecular weight is 355 g/mol. The zero-order chi connectivity index (χ0) is 18.3. The molecule has 2 aliphatic heterocycles. The number of rotatable bonds is 1. The van der Waals surface area contributed by atoms with E-state index in [1.165, 1.54) is 25.1 Å². The van der Waals surface area contributed by atoms with E-state index < -0.39 is 23.6 Å². The SMILES string of the molecule is CC(=O)OC1=NC(c2ccccc2F)c2cc(F)ccc2N2CCN=C12. The molecular weight excluding hydrogens is 340 g/mol. The van der Waals surface area contributed by atoms with Gasteiger partial charge in [-0.3, -0.25) is 9.79 Å². The summed E-state index contributed by atoms with van der Waals surface area (Å²) >= 11 is 0. The van der Waals surface area contributed by atoms with E-state index in [4.69, 9.17) is 4.74 Å². The maximum atomic E-state index is 14.5. The maximum Gasteiger partial charge on any atom is 0.309 e. The zero-order valence-corrected chi connectivity index (χ0v) is 13.9. The molecule has 0 spiro atoms. The number of hydrogen-bond donors (Lipinski definition) is 0. The summed E-state index contributed by atoms with van der Waals surface area (Å²) in [5.74, 6) is -1.06. The number of halogens is 2. The van der Waals surface area contributed by atoms with Crippen molar-refractivity contribution >= 4 is 23.4 Å². The van der Waals surface area contributed by atoms with Crippen LogP contribution in [0.2, 0.25) is 0 Å². The van der Waals surface area contributed by atoms with Crippen LogP contribution < -0.4 is 4.90 Å². The molecule has 0 aromatic heterocycles. The molecule has 1 atom stereocenters. The zero-order valence-electron chi connectivity index (χ0n) is 13.9. The standard InChI is InChI=1S/C19H15F2N3O2/c1-11(25)26-19-18-22-8-9-24(18)16-7-6-12(20)10-14(16)17(23-19)13-4-2-3-5-15(13)21/h2-7,10,17H,8-9H2,1H3. The van der Waals surface area contributed by atoms with E-state index in [0.29, 0.717) is 30.2 Å². The highest BCUT2D eigenvalue weighted by atomic mass is 19.1. The Hall–Kier alpha value is -3.09. The van der Waals surface area contributed by atoms with E-state index in [1.54, 1.807) is 24.3 Å². The van der Waals surface area contributed by atoms with Crippen molar-refractivity contribution in [3.63, 3.8) is 0 Å². The lowest BCUT2D eigenvalue weighted by Gasteiger charge is -2.22. The van der Waals surface area contributed by atoms with Crippen molar-refractivity contribution in [2.75, 3.05) is 18.0 Å². The van der Waals surface area contributed by atoms with Gasteiger partial charge in [-0.2, -0.15) is 0 Å². The molecule has 2 heterocycles. The molecule has 2 aromatic rings. The van der Waals surface area contributed by atoms with E-state index in [9.17, 15) is 13.6 Å². The number of aliphatic imine (C=N–C) groups is 2. The maximum absolute atomic E-state index is 14.5. The minimum atomic E-state index is -0.857. The van der Waals surface area contributed by atoms with Crippen molar-refractivity contribution in [2.45, 2.75) is 13.0 Å². The number of ether oxygens (including phenoxy) is 1. The first kappa shape index (κ1) is 16.4. The van der Waals surface area contributed by atoms with Crippen LogP contribution in [0.25, 0.3) is 0 Å². The summed E-state index contributed by atoms with van der Waals surface area (Å²) in [6.07, 6.45) is 0. The molecule has 0 saturated heterocycles. The molecule has 7 heteroatoms. The third-order valence-electron chi connectivity index (χ3n) is 4.29. The third kappa shape index (κ3) is 2.75. The van der Waals surface area contributed by atoms with E-state index in [2.05, 4.69) is 9.98 Å². The molecule has 0 saturated carbocycles. The fraction of sp³-hybridized carbons (Fsp3) is 0.211. The van der Waals surface area contributed by atoms with Crippen LogP contribution in [-0.4, -0.2) is 30.8 Å². The second-order valence-electron chi connectivity index (χ2n) is 6.01. The Morgan fingerprint density at radius 3 is 2.77 bits per heavy atom. The van der Waals surface area contributed by atoms with Crippen LogP contribution in [0, 0.1) is 11.6 Å². The Morgan fingerprint density at radius 2 is 2.00 bits per heavy atom. The number of hydrogen-bond acceptors (Lipinski definition) is 5. The number of anilines is 1. The Morgan fingerprint density at radius 1 is 1.19 bits per heavy atom. The van der Waals surface area contributed by atoms with Crippen LogP contribution in [0.4, 0.5) is 14.5 Å². The first-order valence-corrected chi connectivity index (χ1v) is 8.17. The Labute approximate surface area is 148 Å². The minimum absolute atomic E-state index is 0.0138. The van der Waals surface area contributed by atoms with E-state index >= 15 is 0 Å². The highest BCUT2D eigenvalue weighted by molar-refractivity contribution is 6.45. The number of carbonyl (C=O) groups excluding carboxylic acids is 1. The summed E-state index contributed by atoms with van der Waals surface area (Å²) < 4.78 is 33.7. The Balaban J connectivity index is 1.97. The molecule has 0 fully saturated rings. The molecule has 0 radical (unpaired) electrons. The highest BCUT2D eigenvalue weighted by Gasteiger charge is 2.34. The first-order valence-electron chi connectivity index (χ1n) is 8.17. The molecule has 0 N–H and O–H groups in total. The predicted molar refractivity (Wildman–Crippen MR) is 93.5 cm³/mol. The molecule has 0 bridgehead atoms. The van der Waals surface area contributed by atoms with Gasteiger partial charge in [0.15, 0.2) is 5.84 Å². The van der Waals surface area contributed by atoms with Crippen LogP contribution in [0.3, 0.4) is 0 Å². The summed E-state index contributed by atoms with van der Waals surface area (Å²) in [5, 5.41) is 0. The van der Waals surface area contributed by atoms with Gasteiger partial charge in [0.2, 0.25) is 0 Å². The van der Waals surface area contributed by atoms with Gasteiger partial charge in [-0.1, -0.05) is 18.2 Å². The minimum Gasteiger partial charge on any atom is -0.404 e. The van der Waals surface area contributed by atoms with E-state index in [-0.39, 0.29) is 11.5 Å². The largest absolute Gasteiger partial charge is 0.404 e. The van der Waals surface area contributed by atoms with Crippen molar-refractivity contribution in [2.24, 2.45) is 9.98 Å². The number of nitrogens with zero attached hydrogens (tertiary/aromatic N) is 3. The number of esters is 1. The highest BCUT2D eigenvalue weighted by Crippen LogP contribution is 2.38. The van der Waals surface area contributed by atoms with Crippen molar-refractivity contribution in [1.82, 2.24) is 0 Å². The Kier molecular flexibility index (Phi) is 3.99. The number of benzene rings is 2. The van der Waals surface area contributed by atoms with Gasteiger partial charge in [0, 0.05) is 30.3 Å². The summed E-state index contributed by atoms with van der Waals surface area (Å²) in [6, 6.07) is 9.59. The normalized spacial score (nSPS) is 18.4. The lowest BCUT2D eigenvalue weighted by Crippen LogP contribution is -2.35. The molecule has 26 heavy (non-hydrogen) atoms. The molecule has 5 nitrogen and oxygen atoms in total. The van der Waals surface area contributed by atoms with Gasteiger partial charge in [0.25, 0.3) is 5.90 Å². The van der Waals surface area contributed by atoms with Gasteiger partial charge in [0.1, 0.15) is 17.7 Å². The van der Waals surface area contributed by atoms with Gasteiger partial charge in [-0.05, 0) is 24.3 Å². The molecule has 2 aromatic carbocycles. The average Bonchev–Trinajstić information content (AvgIpc) is 3.04. The molecular formula is C19H15F2N3O2.